The molecule has 2 aromatic carbocycles. The minimum atomic E-state index is -4.57. The molecule has 0 spiro atoms. The monoisotopic (exact) mass is 550 g/mol. The fourth-order valence-corrected chi connectivity index (χ4v) is 4.17. The van der Waals surface area contributed by atoms with Gasteiger partial charge in [-0.1, -0.05) is 34.1 Å². The number of carbonyl (C=O) groups is 3. The minimum absolute atomic E-state index is 0.0635. The number of alkyl halides is 3. The van der Waals surface area contributed by atoms with E-state index in [1.165, 1.54) is 12.1 Å². The van der Waals surface area contributed by atoms with Crippen LogP contribution in [0.1, 0.15) is 11.3 Å². The number of thioether (sulfide) groups is 1. The molecule has 1 N–H and O–H groups in total. The molecule has 3 amide bonds. The van der Waals surface area contributed by atoms with Crippen molar-refractivity contribution < 1.29 is 32.0 Å². The lowest BCUT2D eigenvalue weighted by Crippen LogP contribution is -2.36. The molecule has 0 bridgehead atoms. The topological polar surface area (TPSA) is 79.6 Å². The van der Waals surface area contributed by atoms with Gasteiger partial charge in [0.15, 0.2) is 0 Å². The molecule has 34 heavy (non-hydrogen) atoms. The number of nitrogens with zero attached hydrogens (tertiary/aromatic N) is 1. The van der Waals surface area contributed by atoms with Crippen LogP contribution < -0.4 is 5.32 Å². The fourth-order valence-electron chi connectivity index (χ4n) is 3.08. The number of furan rings is 1. The Morgan fingerprint density at radius 2 is 1.82 bits per heavy atom. The van der Waals surface area contributed by atoms with Crippen LogP contribution in [-0.4, -0.2) is 28.5 Å². The summed E-state index contributed by atoms with van der Waals surface area (Å²) in [6.07, 6.45) is -3.17. The summed E-state index contributed by atoms with van der Waals surface area (Å²) in [5, 5.41) is 1.61. The zero-order chi connectivity index (χ0) is 24.5. The van der Waals surface area contributed by atoms with Crippen LogP contribution in [0.15, 0.2) is 74.5 Å². The van der Waals surface area contributed by atoms with Crippen molar-refractivity contribution >= 4 is 56.5 Å². The van der Waals surface area contributed by atoms with Gasteiger partial charge in [-0.3, -0.25) is 19.3 Å². The Hall–Kier alpha value is -3.31. The van der Waals surface area contributed by atoms with E-state index in [-0.39, 0.29) is 10.6 Å². The van der Waals surface area contributed by atoms with E-state index in [0.717, 1.165) is 33.1 Å². The standard InChI is InChI=1S/C23H14BrF3N2O4S/c24-15-6-4-13(5-7-15)18-9-8-17(33-18)11-19-21(31)29(22(32)34-19)12-20(30)28-16-3-1-2-14(10-16)23(25,26)27/h1-11H,12H2,(H,28,30)/b19-11-. The smallest absolute Gasteiger partial charge is 0.416 e. The molecule has 6 nitrogen and oxygen atoms in total. The first-order chi connectivity index (χ1) is 16.1. The van der Waals surface area contributed by atoms with Gasteiger partial charge in [-0.15, -0.1) is 0 Å². The molecular weight excluding hydrogens is 537 g/mol. The number of hydrogen-bond donors (Lipinski definition) is 1. The summed E-state index contributed by atoms with van der Waals surface area (Å²) in [6, 6.07) is 14.8. The van der Waals surface area contributed by atoms with Crippen LogP contribution in [0.4, 0.5) is 23.7 Å². The van der Waals surface area contributed by atoms with Crippen LogP contribution in [0, 0.1) is 0 Å². The number of benzene rings is 2. The predicted molar refractivity (Wildman–Crippen MR) is 125 cm³/mol. The summed E-state index contributed by atoms with van der Waals surface area (Å²) in [6.45, 7) is -0.638. The van der Waals surface area contributed by atoms with Crippen LogP contribution in [0.5, 0.6) is 0 Å². The second kappa shape index (κ2) is 9.51. The maximum atomic E-state index is 12.8. The lowest BCUT2D eigenvalue weighted by atomic mass is 10.2. The van der Waals surface area contributed by atoms with Crippen LogP contribution in [0.25, 0.3) is 17.4 Å². The van der Waals surface area contributed by atoms with Gasteiger partial charge in [0.05, 0.1) is 10.5 Å². The first kappa shape index (κ1) is 23.8. The lowest BCUT2D eigenvalue weighted by Gasteiger charge is -2.13. The molecule has 1 saturated heterocycles. The number of imide groups is 1. The zero-order valence-corrected chi connectivity index (χ0v) is 19.5. The third-order valence-corrected chi connectivity index (χ3v) is 6.11. The number of anilines is 1. The van der Waals surface area contributed by atoms with Gasteiger partial charge in [0, 0.05) is 21.8 Å². The zero-order valence-electron chi connectivity index (χ0n) is 17.1. The number of nitrogens with one attached hydrogen (secondary N) is 1. The van der Waals surface area contributed by atoms with Crippen molar-refractivity contribution in [2.45, 2.75) is 6.18 Å². The van der Waals surface area contributed by atoms with E-state index in [1.807, 2.05) is 24.3 Å². The summed E-state index contributed by atoms with van der Waals surface area (Å²) in [7, 11) is 0. The Morgan fingerprint density at radius 1 is 1.09 bits per heavy atom. The first-order valence-corrected chi connectivity index (χ1v) is 11.3. The van der Waals surface area contributed by atoms with E-state index in [2.05, 4.69) is 21.2 Å². The lowest BCUT2D eigenvalue weighted by molar-refractivity contribution is -0.137. The molecular formula is C23H14BrF3N2O4S. The Balaban J connectivity index is 1.43. The van der Waals surface area contributed by atoms with E-state index in [9.17, 15) is 27.6 Å². The first-order valence-electron chi connectivity index (χ1n) is 9.68. The van der Waals surface area contributed by atoms with E-state index in [0.29, 0.717) is 23.3 Å². The molecule has 0 saturated carbocycles. The van der Waals surface area contributed by atoms with Gasteiger partial charge in [0.25, 0.3) is 11.1 Å². The number of amides is 3. The van der Waals surface area contributed by atoms with Crippen molar-refractivity contribution in [1.82, 2.24) is 4.90 Å². The number of hydrogen-bond acceptors (Lipinski definition) is 5. The van der Waals surface area contributed by atoms with Gasteiger partial charge in [-0.05, 0) is 54.2 Å². The van der Waals surface area contributed by atoms with Crippen LogP contribution >= 0.6 is 27.7 Å². The quantitative estimate of drug-likeness (QED) is 0.371. The third kappa shape index (κ3) is 5.42. The molecule has 0 unspecified atom stereocenters. The highest BCUT2D eigenvalue weighted by Gasteiger charge is 2.37. The Bertz CT molecular complexity index is 1300. The van der Waals surface area contributed by atoms with E-state index in [1.54, 1.807) is 12.1 Å². The molecule has 1 aromatic heterocycles. The van der Waals surface area contributed by atoms with Crippen LogP contribution in [-0.2, 0) is 15.8 Å². The van der Waals surface area contributed by atoms with Crippen molar-refractivity contribution in [3.63, 3.8) is 0 Å². The molecule has 2 heterocycles. The van der Waals surface area contributed by atoms with Gasteiger partial charge in [-0.25, -0.2) is 0 Å². The van der Waals surface area contributed by atoms with Crippen molar-refractivity contribution in [3.05, 3.63) is 81.4 Å². The molecule has 0 radical (unpaired) electrons. The number of halogens is 4. The van der Waals surface area contributed by atoms with E-state index >= 15 is 0 Å². The molecule has 1 fully saturated rings. The van der Waals surface area contributed by atoms with E-state index in [4.69, 9.17) is 4.42 Å². The molecule has 174 valence electrons. The highest BCUT2D eigenvalue weighted by Crippen LogP contribution is 2.34. The SMILES string of the molecule is O=C(CN1C(=O)S/C(=C\c2ccc(-c3ccc(Br)cc3)o2)C1=O)Nc1cccc(C(F)(F)F)c1. The van der Waals surface area contributed by atoms with Gasteiger partial charge >= 0.3 is 6.18 Å². The van der Waals surface area contributed by atoms with Crippen molar-refractivity contribution in [1.29, 1.82) is 0 Å². The van der Waals surface area contributed by atoms with Gasteiger partial charge < -0.3 is 9.73 Å². The highest BCUT2D eigenvalue weighted by atomic mass is 79.9. The highest BCUT2D eigenvalue weighted by molar-refractivity contribution is 9.10. The van der Waals surface area contributed by atoms with Gasteiger partial charge in [0.2, 0.25) is 5.91 Å². The molecule has 0 aliphatic carbocycles. The predicted octanol–water partition coefficient (Wildman–Crippen LogP) is 6.40. The molecule has 1 aliphatic heterocycles. The molecule has 4 rings (SSSR count). The maximum Gasteiger partial charge on any atom is 0.416 e. The number of rotatable bonds is 5. The maximum absolute atomic E-state index is 12.8. The second-order valence-electron chi connectivity index (χ2n) is 7.10. The largest absolute Gasteiger partial charge is 0.457 e. The molecule has 1 aliphatic rings. The molecule has 0 atom stereocenters. The van der Waals surface area contributed by atoms with Crippen LogP contribution in [0.3, 0.4) is 0 Å². The average Bonchev–Trinajstić information content (AvgIpc) is 3.34. The Kier molecular flexibility index (Phi) is 6.67. The Labute approximate surface area is 203 Å². The van der Waals surface area contributed by atoms with Crippen molar-refractivity contribution in [2.24, 2.45) is 0 Å². The summed E-state index contributed by atoms with van der Waals surface area (Å²) in [5.41, 5.74) is -0.207. The van der Waals surface area contributed by atoms with Crippen molar-refractivity contribution in [3.8, 4) is 11.3 Å². The Morgan fingerprint density at radius 3 is 2.53 bits per heavy atom. The minimum Gasteiger partial charge on any atom is -0.457 e. The van der Waals surface area contributed by atoms with Crippen molar-refractivity contribution in [2.75, 3.05) is 11.9 Å². The number of carbonyl (C=O) groups excluding carboxylic acids is 3. The van der Waals surface area contributed by atoms with E-state index < -0.39 is 35.3 Å². The van der Waals surface area contributed by atoms with Crippen LogP contribution in [0.2, 0.25) is 0 Å². The summed E-state index contributed by atoms with van der Waals surface area (Å²) in [5.74, 6) is -0.593. The molecule has 3 aromatic rings. The second-order valence-corrected chi connectivity index (χ2v) is 9.01. The summed E-state index contributed by atoms with van der Waals surface area (Å²) in [4.78, 5) is 38.0. The average molecular weight is 551 g/mol. The van der Waals surface area contributed by atoms with Gasteiger partial charge in [-0.2, -0.15) is 13.2 Å². The summed E-state index contributed by atoms with van der Waals surface area (Å²) < 4.78 is 45.2. The van der Waals surface area contributed by atoms with Gasteiger partial charge in [0.1, 0.15) is 18.1 Å². The summed E-state index contributed by atoms with van der Waals surface area (Å²) >= 11 is 4.00. The fraction of sp³-hybridized carbons (Fsp3) is 0.0870. The molecule has 11 heteroatoms. The normalized spacial score (nSPS) is 15.3. The third-order valence-electron chi connectivity index (χ3n) is 4.68.